The fourth-order valence-electron chi connectivity index (χ4n) is 3.14. The number of anilines is 1. The van der Waals surface area contributed by atoms with Gasteiger partial charge in [-0.3, -0.25) is 0 Å². The van der Waals surface area contributed by atoms with Crippen LogP contribution < -0.4 is 10.5 Å². The number of hydrogen-bond donors (Lipinski definition) is 1. The van der Waals surface area contributed by atoms with Crippen LogP contribution in [0.1, 0.15) is 0 Å². The molecule has 1 aromatic heterocycles. The van der Waals surface area contributed by atoms with E-state index in [1.54, 1.807) is 7.11 Å². The zero-order valence-corrected chi connectivity index (χ0v) is 13.9. The summed E-state index contributed by atoms with van der Waals surface area (Å²) in [5.74, 6) is 0.794. The van der Waals surface area contributed by atoms with Crippen LogP contribution in [-0.4, -0.2) is 12.1 Å². The van der Waals surface area contributed by atoms with Gasteiger partial charge in [-0.1, -0.05) is 60.7 Å². The second kappa shape index (κ2) is 6.29. The second-order valence-corrected chi connectivity index (χ2v) is 5.88. The molecule has 0 unspecified atom stereocenters. The van der Waals surface area contributed by atoms with Gasteiger partial charge >= 0.3 is 0 Å². The summed E-state index contributed by atoms with van der Waals surface area (Å²) in [4.78, 5) is 4.94. The van der Waals surface area contributed by atoms with Crippen molar-refractivity contribution in [3.63, 3.8) is 0 Å². The van der Waals surface area contributed by atoms with E-state index >= 15 is 0 Å². The van der Waals surface area contributed by atoms with Crippen LogP contribution in [0.3, 0.4) is 0 Å². The van der Waals surface area contributed by atoms with E-state index in [9.17, 15) is 0 Å². The van der Waals surface area contributed by atoms with Crippen LogP contribution in [0.5, 0.6) is 5.75 Å². The van der Waals surface area contributed by atoms with Crippen molar-refractivity contribution in [2.75, 3.05) is 12.8 Å². The van der Waals surface area contributed by atoms with E-state index in [1.807, 2.05) is 54.6 Å². The molecule has 3 nitrogen and oxygen atoms in total. The molecule has 122 valence electrons. The molecule has 0 aliphatic rings. The average Bonchev–Trinajstić information content (AvgIpc) is 2.68. The number of methoxy groups -OCH3 is 1. The van der Waals surface area contributed by atoms with Gasteiger partial charge in [-0.25, -0.2) is 4.98 Å². The standard InChI is InChI=1S/C22H18N2O/c1-25-22-18-14-17(23)12-13-19(18)24-21(16-10-6-3-7-11-16)20(22)15-8-4-2-5-9-15/h2-14H,23H2,1H3. The van der Waals surface area contributed by atoms with E-state index in [1.165, 1.54) is 0 Å². The third-order valence-electron chi connectivity index (χ3n) is 4.28. The van der Waals surface area contributed by atoms with Crippen LogP contribution in [0.4, 0.5) is 5.69 Å². The lowest BCUT2D eigenvalue weighted by atomic mass is 9.96. The minimum atomic E-state index is 0.694. The Kier molecular flexibility index (Phi) is 3.82. The van der Waals surface area contributed by atoms with Crippen molar-refractivity contribution >= 4 is 16.6 Å². The van der Waals surface area contributed by atoms with Gasteiger partial charge in [0.25, 0.3) is 0 Å². The van der Waals surface area contributed by atoms with E-state index < -0.39 is 0 Å². The number of nitrogens with zero attached hydrogens (tertiary/aromatic N) is 1. The molecule has 0 aliphatic heterocycles. The summed E-state index contributed by atoms with van der Waals surface area (Å²) in [6.45, 7) is 0. The van der Waals surface area contributed by atoms with E-state index in [2.05, 4.69) is 24.3 Å². The van der Waals surface area contributed by atoms with Crippen molar-refractivity contribution in [3.8, 4) is 28.1 Å². The number of nitrogen functional groups attached to an aromatic ring is 1. The number of ether oxygens (including phenoxy) is 1. The Balaban J connectivity index is 2.14. The monoisotopic (exact) mass is 326 g/mol. The number of nitrogens with two attached hydrogens (primary N) is 1. The zero-order chi connectivity index (χ0) is 17.2. The molecule has 0 spiro atoms. The summed E-state index contributed by atoms with van der Waals surface area (Å²) in [5.41, 5.74) is 11.6. The first-order valence-electron chi connectivity index (χ1n) is 8.16. The summed E-state index contributed by atoms with van der Waals surface area (Å²) in [5, 5.41) is 0.918. The minimum Gasteiger partial charge on any atom is -0.495 e. The molecule has 4 aromatic rings. The summed E-state index contributed by atoms with van der Waals surface area (Å²) in [6, 6.07) is 26.1. The van der Waals surface area contributed by atoms with Crippen LogP contribution >= 0.6 is 0 Å². The Bertz CT molecular complexity index is 1030. The molecule has 0 aliphatic carbocycles. The van der Waals surface area contributed by atoms with Crippen molar-refractivity contribution in [3.05, 3.63) is 78.9 Å². The first kappa shape index (κ1) is 15.2. The molecule has 3 heteroatoms. The molecule has 0 radical (unpaired) electrons. The molecular weight excluding hydrogens is 308 g/mol. The summed E-state index contributed by atoms with van der Waals surface area (Å²) >= 11 is 0. The molecule has 3 aromatic carbocycles. The highest BCUT2D eigenvalue weighted by molar-refractivity contribution is 5.99. The van der Waals surface area contributed by atoms with Crippen molar-refractivity contribution in [1.82, 2.24) is 4.98 Å². The second-order valence-electron chi connectivity index (χ2n) is 5.88. The average molecular weight is 326 g/mol. The molecule has 1 heterocycles. The van der Waals surface area contributed by atoms with Crippen molar-refractivity contribution in [2.24, 2.45) is 0 Å². The minimum absolute atomic E-state index is 0.694. The summed E-state index contributed by atoms with van der Waals surface area (Å²) < 4.78 is 5.83. The van der Waals surface area contributed by atoms with Gasteiger partial charge in [-0.15, -0.1) is 0 Å². The van der Waals surface area contributed by atoms with Gasteiger partial charge in [0.15, 0.2) is 0 Å². The molecule has 4 rings (SSSR count). The van der Waals surface area contributed by atoms with Crippen LogP contribution in [0.25, 0.3) is 33.3 Å². The number of fused-ring (bicyclic) bond motifs is 1. The first-order valence-corrected chi connectivity index (χ1v) is 8.16. The smallest absolute Gasteiger partial charge is 0.138 e. The number of hydrogen-bond acceptors (Lipinski definition) is 3. The molecular formula is C22H18N2O. The molecule has 0 fully saturated rings. The van der Waals surface area contributed by atoms with Crippen LogP contribution in [0, 0.1) is 0 Å². The highest BCUT2D eigenvalue weighted by Gasteiger charge is 2.18. The fourth-order valence-corrected chi connectivity index (χ4v) is 3.14. The lowest BCUT2D eigenvalue weighted by Gasteiger charge is -2.17. The van der Waals surface area contributed by atoms with Crippen LogP contribution in [0.15, 0.2) is 78.9 Å². The predicted octanol–water partition coefficient (Wildman–Crippen LogP) is 5.16. The summed E-state index contributed by atoms with van der Waals surface area (Å²) in [7, 11) is 1.69. The topological polar surface area (TPSA) is 48.1 Å². The Morgan fingerprint density at radius 3 is 2.08 bits per heavy atom. The molecule has 0 saturated carbocycles. The van der Waals surface area contributed by atoms with Crippen LogP contribution in [-0.2, 0) is 0 Å². The normalized spacial score (nSPS) is 10.8. The van der Waals surface area contributed by atoms with E-state index in [-0.39, 0.29) is 0 Å². The number of aromatic nitrogens is 1. The SMILES string of the molecule is COc1c(-c2ccccc2)c(-c2ccccc2)nc2ccc(N)cc12. The molecule has 25 heavy (non-hydrogen) atoms. The van der Waals surface area contributed by atoms with E-state index in [0.29, 0.717) is 5.69 Å². The highest BCUT2D eigenvalue weighted by atomic mass is 16.5. The lowest BCUT2D eigenvalue weighted by molar-refractivity contribution is 0.421. The number of benzene rings is 3. The summed E-state index contributed by atoms with van der Waals surface area (Å²) in [6.07, 6.45) is 0. The van der Waals surface area contributed by atoms with Gasteiger partial charge in [0, 0.05) is 16.6 Å². The Morgan fingerprint density at radius 1 is 0.800 bits per heavy atom. The van der Waals surface area contributed by atoms with Crippen molar-refractivity contribution < 1.29 is 4.74 Å². The lowest BCUT2D eigenvalue weighted by Crippen LogP contribution is -1.98. The third-order valence-corrected chi connectivity index (χ3v) is 4.28. The zero-order valence-electron chi connectivity index (χ0n) is 13.9. The van der Waals surface area contributed by atoms with Gasteiger partial charge < -0.3 is 10.5 Å². The van der Waals surface area contributed by atoms with Crippen molar-refractivity contribution in [2.45, 2.75) is 0 Å². The van der Waals surface area contributed by atoms with Crippen LogP contribution in [0.2, 0.25) is 0 Å². The maximum atomic E-state index is 6.00. The highest BCUT2D eigenvalue weighted by Crippen LogP contribution is 2.42. The number of rotatable bonds is 3. The Hall–Kier alpha value is -3.33. The maximum Gasteiger partial charge on any atom is 0.138 e. The maximum absolute atomic E-state index is 6.00. The van der Waals surface area contributed by atoms with Gasteiger partial charge in [0.05, 0.1) is 23.9 Å². The third kappa shape index (κ3) is 2.70. The Labute approximate surface area is 146 Å². The van der Waals surface area contributed by atoms with Gasteiger partial charge in [0.1, 0.15) is 5.75 Å². The fraction of sp³-hybridized carbons (Fsp3) is 0.0455. The van der Waals surface area contributed by atoms with Gasteiger partial charge in [-0.05, 0) is 23.8 Å². The number of pyridine rings is 1. The first-order chi connectivity index (χ1) is 12.3. The predicted molar refractivity (Wildman–Crippen MR) is 104 cm³/mol. The largest absolute Gasteiger partial charge is 0.495 e. The molecule has 0 bridgehead atoms. The molecule has 0 atom stereocenters. The van der Waals surface area contributed by atoms with Gasteiger partial charge in [0.2, 0.25) is 0 Å². The molecule has 0 saturated heterocycles. The van der Waals surface area contributed by atoms with Crippen molar-refractivity contribution in [1.29, 1.82) is 0 Å². The molecule has 0 amide bonds. The quantitative estimate of drug-likeness (QED) is 0.529. The van der Waals surface area contributed by atoms with Gasteiger partial charge in [-0.2, -0.15) is 0 Å². The van der Waals surface area contributed by atoms with E-state index in [0.717, 1.165) is 39.0 Å². The Morgan fingerprint density at radius 2 is 1.44 bits per heavy atom. The molecule has 2 N–H and O–H groups in total. The van der Waals surface area contributed by atoms with E-state index in [4.69, 9.17) is 15.5 Å².